The van der Waals surface area contributed by atoms with Crippen LogP contribution in [0.15, 0.2) is 22.6 Å². The van der Waals surface area contributed by atoms with Gasteiger partial charge in [0.1, 0.15) is 16.1 Å². The van der Waals surface area contributed by atoms with Gasteiger partial charge in [-0.05, 0) is 45.9 Å². The summed E-state index contributed by atoms with van der Waals surface area (Å²) in [6.45, 7) is 8.14. The van der Waals surface area contributed by atoms with E-state index in [1.54, 1.807) is 13.3 Å². The predicted molar refractivity (Wildman–Crippen MR) is 79.7 cm³/mol. The van der Waals surface area contributed by atoms with Crippen molar-refractivity contribution in [3.8, 4) is 11.5 Å². The molecule has 1 atom stereocenters. The average Bonchev–Trinajstić information content (AvgIpc) is 2.35. The highest BCUT2D eigenvalue weighted by atomic mass is 32.2. The van der Waals surface area contributed by atoms with Crippen molar-refractivity contribution in [2.45, 2.75) is 32.4 Å². The van der Waals surface area contributed by atoms with Gasteiger partial charge in [0.25, 0.3) is 0 Å². The van der Waals surface area contributed by atoms with Gasteiger partial charge in [0, 0.05) is 5.56 Å². The van der Waals surface area contributed by atoms with E-state index in [1.807, 2.05) is 45.9 Å². The van der Waals surface area contributed by atoms with Gasteiger partial charge in [-0.3, -0.25) is 0 Å². The van der Waals surface area contributed by atoms with Crippen LogP contribution in [0.2, 0.25) is 0 Å². The smallest absolute Gasteiger partial charge is 0.161 e. The lowest BCUT2D eigenvalue weighted by atomic mass is 10.2. The van der Waals surface area contributed by atoms with Gasteiger partial charge in [-0.1, -0.05) is 4.40 Å². The molecule has 0 fully saturated rings. The van der Waals surface area contributed by atoms with Crippen LogP contribution in [0.3, 0.4) is 0 Å². The van der Waals surface area contributed by atoms with Crippen LogP contribution in [0.5, 0.6) is 11.5 Å². The maximum atomic E-state index is 11.8. The van der Waals surface area contributed by atoms with E-state index in [2.05, 4.69) is 4.40 Å². The summed E-state index contributed by atoms with van der Waals surface area (Å²) in [4.78, 5) is 0. The summed E-state index contributed by atoms with van der Waals surface area (Å²) >= 11 is -1.26. The van der Waals surface area contributed by atoms with Crippen molar-refractivity contribution in [2.75, 3.05) is 13.7 Å². The normalized spacial score (nSPS) is 13.6. The molecular formula is C14H21NO3S. The third-order valence-corrected chi connectivity index (χ3v) is 3.65. The molecule has 19 heavy (non-hydrogen) atoms. The number of benzene rings is 1. The van der Waals surface area contributed by atoms with Crippen molar-refractivity contribution >= 4 is 17.6 Å². The second kappa shape index (κ2) is 6.82. The molecule has 0 bridgehead atoms. The predicted octanol–water partition coefficient (Wildman–Crippen LogP) is 2.98. The second-order valence-corrected chi connectivity index (χ2v) is 6.87. The number of methoxy groups -OCH3 is 1. The minimum absolute atomic E-state index is 0.355. The van der Waals surface area contributed by atoms with Gasteiger partial charge in [0.15, 0.2) is 11.5 Å². The largest absolute Gasteiger partial charge is 0.591 e. The summed E-state index contributed by atoms with van der Waals surface area (Å²) in [7, 11) is 1.60. The zero-order valence-electron chi connectivity index (χ0n) is 12.1. The Morgan fingerprint density at radius 3 is 2.53 bits per heavy atom. The molecule has 0 saturated carbocycles. The van der Waals surface area contributed by atoms with Gasteiger partial charge in [-0.25, -0.2) is 0 Å². The van der Waals surface area contributed by atoms with Gasteiger partial charge in [0.2, 0.25) is 0 Å². The Morgan fingerprint density at radius 2 is 2.00 bits per heavy atom. The topological polar surface area (TPSA) is 53.9 Å². The monoisotopic (exact) mass is 283 g/mol. The summed E-state index contributed by atoms with van der Waals surface area (Å²) in [6, 6.07) is 5.49. The standard InChI is InChI=1S/C14H21NO3S/c1-6-18-13-9-11(7-8-12(13)17-5)10-15-19(16)14(2,3)4/h7-10H,6H2,1-5H3/b15-10+. The zero-order chi connectivity index (χ0) is 14.5. The summed E-state index contributed by atoms with van der Waals surface area (Å²) in [6.07, 6.45) is 1.60. The number of hydrogen-bond acceptors (Lipinski definition) is 4. The van der Waals surface area contributed by atoms with E-state index < -0.39 is 11.4 Å². The molecule has 0 radical (unpaired) electrons. The fourth-order valence-corrected chi connectivity index (χ4v) is 1.84. The molecule has 5 heteroatoms. The Balaban J connectivity index is 2.90. The van der Waals surface area contributed by atoms with Crippen LogP contribution in [-0.4, -0.2) is 29.2 Å². The highest BCUT2D eigenvalue weighted by molar-refractivity contribution is 7.91. The van der Waals surface area contributed by atoms with Crippen molar-refractivity contribution in [3.05, 3.63) is 23.8 Å². The van der Waals surface area contributed by atoms with Crippen molar-refractivity contribution in [3.63, 3.8) is 0 Å². The van der Waals surface area contributed by atoms with Crippen molar-refractivity contribution in [1.82, 2.24) is 0 Å². The zero-order valence-corrected chi connectivity index (χ0v) is 12.9. The van der Waals surface area contributed by atoms with Crippen molar-refractivity contribution in [1.29, 1.82) is 0 Å². The molecule has 1 aromatic rings. The molecule has 106 valence electrons. The molecule has 0 spiro atoms. The van der Waals surface area contributed by atoms with E-state index in [4.69, 9.17) is 9.47 Å². The second-order valence-electron chi connectivity index (χ2n) is 4.94. The third-order valence-electron chi connectivity index (χ3n) is 2.31. The molecule has 0 N–H and O–H groups in total. The summed E-state index contributed by atoms with van der Waals surface area (Å²) < 4.78 is 26.2. The SMILES string of the molecule is CCOc1cc(/C=N/[S+]([O-])C(C)(C)C)ccc1OC. The van der Waals surface area contributed by atoms with Crippen molar-refractivity contribution < 1.29 is 14.0 Å². The Kier molecular flexibility index (Phi) is 5.69. The highest BCUT2D eigenvalue weighted by Crippen LogP contribution is 2.27. The van der Waals surface area contributed by atoms with Crippen LogP contribution in [-0.2, 0) is 11.4 Å². The Hall–Kier alpha value is -1.20. The maximum absolute atomic E-state index is 11.8. The average molecular weight is 283 g/mol. The van der Waals surface area contributed by atoms with Gasteiger partial charge in [-0.15, -0.1) is 0 Å². The summed E-state index contributed by atoms with van der Waals surface area (Å²) in [5.41, 5.74) is 0.835. The van der Waals surface area contributed by atoms with Gasteiger partial charge in [0.05, 0.1) is 19.9 Å². The van der Waals surface area contributed by atoms with E-state index in [9.17, 15) is 4.55 Å². The van der Waals surface area contributed by atoms with Crippen molar-refractivity contribution in [2.24, 2.45) is 4.40 Å². The fraction of sp³-hybridized carbons (Fsp3) is 0.500. The molecule has 0 aliphatic heterocycles. The maximum Gasteiger partial charge on any atom is 0.161 e. The van der Waals surface area contributed by atoms with Crippen LogP contribution in [0.1, 0.15) is 33.3 Å². The number of rotatable bonds is 5. The fourth-order valence-electron chi connectivity index (χ4n) is 1.31. The first-order valence-electron chi connectivity index (χ1n) is 6.15. The van der Waals surface area contributed by atoms with Crippen LogP contribution in [0.25, 0.3) is 0 Å². The Bertz CT molecular complexity index is 441. The molecule has 0 aromatic heterocycles. The van der Waals surface area contributed by atoms with E-state index >= 15 is 0 Å². The lowest BCUT2D eigenvalue weighted by molar-refractivity contribution is 0.311. The molecular weight excluding hydrogens is 262 g/mol. The number of nitrogens with zero attached hydrogens (tertiary/aromatic N) is 1. The molecule has 0 saturated heterocycles. The lowest BCUT2D eigenvalue weighted by Crippen LogP contribution is -2.25. The first kappa shape index (κ1) is 15.9. The third kappa shape index (κ3) is 4.76. The molecule has 1 aromatic carbocycles. The number of hydrogen-bond donors (Lipinski definition) is 0. The van der Waals surface area contributed by atoms with Crippen LogP contribution in [0, 0.1) is 0 Å². The molecule has 0 aliphatic carbocycles. The molecule has 0 aliphatic rings. The molecule has 1 unspecified atom stereocenters. The molecule has 1 rings (SSSR count). The van der Waals surface area contributed by atoms with Gasteiger partial charge >= 0.3 is 0 Å². The first-order chi connectivity index (χ1) is 8.88. The van der Waals surface area contributed by atoms with Crippen LogP contribution in [0.4, 0.5) is 0 Å². The Morgan fingerprint density at radius 1 is 1.32 bits per heavy atom. The summed E-state index contributed by atoms with van der Waals surface area (Å²) in [5, 5.41) is 0. The quantitative estimate of drug-likeness (QED) is 0.616. The van der Waals surface area contributed by atoms with E-state index in [1.165, 1.54) is 0 Å². The lowest BCUT2D eigenvalue weighted by Gasteiger charge is -2.17. The Labute approximate surface area is 118 Å². The van der Waals surface area contributed by atoms with E-state index in [0.29, 0.717) is 18.1 Å². The van der Waals surface area contributed by atoms with E-state index in [-0.39, 0.29) is 4.75 Å². The number of ether oxygens (including phenoxy) is 2. The molecule has 0 amide bonds. The molecule has 4 nitrogen and oxygen atoms in total. The first-order valence-corrected chi connectivity index (χ1v) is 7.26. The van der Waals surface area contributed by atoms with Gasteiger partial charge < -0.3 is 14.0 Å². The van der Waals surface area contributed by atoms with Crippen LogP contribution >= 0.6 is 0 Å². The summed E-state index contributed by atoms with van der Waals surface area (Å²) in [5.74, 6) is 1.34. The van der Waals surface area contributed by atoms with Gasteiger partial charge in [-0.2, -0.15) is 0 Å². The minimum Gasteiger partial charge on any atom is -0.591 e. The molecule has 0 heterocycles. The van der Waals surface area contributed by atoms with E-state index in [0.717, 1.165) is 5.56 Å². The minimum atomic E-state index is -1.26. The van der Waals surface area contributed by atoms with Crippen LogP contribution < -0.4 is 9.47 Å². The highest BCUT2D eigenvalue weighted by Gasteiger charge is 2.25.